The molecule has 0 bridgehead atoms. The van der Waals surface area contributed by atoms with E-state index >= 15 is 0 Å². The summed E-state index contributed by atoms with van der Waals surface area (Å²) in [5.41, 5.74) is 6.33. The second-order valence-electron chi connectivity index (χ2n) is 9.35. The Balaban J connectivity index is 1.88. The molecule has 1 heterocycles. The van der Waals surface area contributed by atoms with E-state index in [1.165, 1.54) is 16.0 Å². The summed E-state index contributed by atoms with van der Waals surface area (Å²) < 4.78 is 0. The first-order chi connectivity index (χ1) is 16.8. The van der Waals surface area contributed by atoms with E-state index in [0.717, 1.165) is 42.4 Å². The highest BCUT2D eigenvalue weighted by molar-refractivity contribution is 6.51. The van der Waals surface area contributed by atoms with E-state index in [1.54, 1.807) is 0 Å². The quantitative estimate of drug-likeness (QED) is 0.235. The minimum Gasteiger partial charge on any atom is -0.507 e. The van der Waals surface area contributed by atoms with Gasteiger partial charge in [0.2, 0.25) is 0 Å². The second kappa shape index (κ2) is 10.3. The van der Waals surface area contributed by atoms with Crippen molar-refractivity contribution in [3.8, 4) is 0 Å². The van der Waals surface area contributed by atoms with Crippen molar-refractivity contribution in [2.45, 2.75) is 59.4 Å². The molecule has 1 amide bonds. The standard InChI is InChI=1S/C31H33NO3/c1-5-7-8-23-13-17-25(18-14-23)32-28(24-15-11-22(6-2)12-16-24)27(30(34)31(32)35)29(33)26-19-20(3)9-10-21(26)4/h9-19,28,33H,5-8H2,1-4H3/b29-27+. The van der Waals surface area contributed by atoms with E-state index in [4.69, 9.17) is 0 Å². The molecule has 3 aromatic carbocycles. The Kier molecular flexibility index (Phi) is 7.20. The van der Waals surface area contributed by atoms with Gasteiger partial charge in [-0.1, -0.05) is 74.4 Å². The van der Waals surface area contributed by atoms with Gasteiger partial charge in [-0.25, -0.2) is 0 Å². The zero-order valence-corrected chi connectivity index (χ0v) is 21.0. The number of aryl methyl sites for hydroxylation is 4. The number of hydrogen-bond donors (Lipinski definition) is 1. The summed E-state index contributed by atoms with van der Waals surface area (Å²) in [7, 11) is 0. The Bertz CT molecular complexity index is 1270. The molecule has 1 saturated heterocycles. The normalized spacial score (nSPS) is 17.3. The van der Waals surface area contributed by atoms with Crippen molar-refractivity contribution in [3.05, 3.63) is 106 Å². The third-order valence-corrected chi connectivity index (χ3v) is 6.83. The van der Waals surface area contributed by atoms with Crippen molar-refractivity contribution in [1.82, 2.24) is 0 Å². The highest BCUT2D eigenvalue weighted by atomic mass is 16.3. The van der Waals surface area contributed by atoms with Crippen LogP contribution in [-0.2, 0) is 22.4 Å². The SMILES string of the molecule is CCCCc1ccc(N2C(=O)C(=O)/C(=C(/O)c3cc(C)ccc3C)C2c2ccc(CC)cc2)cc1. The smallest absolute Gasteiger partial charge is 0.300 e. The fourth-order valence-electron chi connectivity index (χ4n) is 4.69. The van der Waals surface area contributed by atoms with E-state index < -0.39 is 17.7 Å². The molecule has 1 fully saturated rings. The lowest BCUT2D eigenvalue weighted by atomic mass is 9.92. The largest absolute Gasteiger partial charge is 0.507 e. The predicted molar refractivity (Wildman–Crippen MR) is 142 cm³/mol. The molecule has 1 aliphatic rings. The summed E-state index contributed by atoms with van der Waals surface area (Å²) in [5.74, 6) is -1.41. The van der Waals surface area contributed by atoms with E-state index in [9.17, 15) is 14.7 Å². The number of amides is 1. The van der Waals surface area contributed by atoms with Crippen molar-refractivity contribution in [2.75, 3.05) is 4.90 Å². The summed E-state index contributed by atoms with van der Waals surface area (Å²) in [6, 6.07) is 20.8. The Morgan fingerprint density at radius 1 is 0.886 bits per heavy atom. The fourth-order valence-corrected chi connectivity index (χ4v) is 4.69. The molecule has 4 heteroatoms. The molecule has 0 aliphatic carbocycles. The molecule has 3 aromatic rings. The van der Waals surface area contributed by atoms with Crippen molar-refractivity contribution >= 4 is 23.1 Å². The maximum absolute atomic E-state index is 13.4. The van der Waals surface area contributed by atoms with Crippen LogP contribution in [-0.4, -0.2) is 16.8 Å². The highest BCUT2D eigenvalue weighted by Crippen LogP contribution is 2.42. The van der Waals surface area contributed by atoms with Crippen LogP contribution in [0.1, 0.15) is 66.1 Å². The lowest BCUT2D eigenvalue weighted by Gasteiger charge is -2.26. The fraction of sp³-hybridized carbons (Fsp3) is 0.290. The number of aliphatic hydroxyl groups excluding tert-OH is 1. The van der Waals surface area contributed by atoms with Gasteiger partial charge in [-0.2, -0.15) is 0 Å². The van der Waals surface area contributed by atoms with Crippen LogP contribution in [0.5, 0.6) is 0 Å². The molecule has 180 valence electrons. The van der Waals surface area contributed by atoms with Gasteiger partial charge < -0.3 is 5.11 Å². The van der Waals surface area contributed by atoms with Gasteiger partial charge >= 0.3 is 0 Å². The minimum atomic E-state index is -0.706. The summed E-state index contributed by atoms with van der Waals surface area (Å²) >= 11 is 0. The van der Waals surface area contributed by atoms with E-state index in [1.807, 2.05) is 80.6 Å². The zero-order chi connectivity index (χ0) is 25.1. The van der Waals surface area contributed by atoms with Crippen LogP contribution < -0.4 is 4.90 Å². The number of benzene rings is 3. The van der Waals surface area contributed by atoms with Crippen molar-refractivity contribution in [2.24, 2.45) is 0 Å². The summed E-state index contributed by atoms with van der Waals surface area (Å²) in [6.07, 6.45) is 4.08. The number of hydrogen-bond acceptors (Lipinski definition) is 3. The van der Waals surface area contributed by atoms with Gasteiger partial charge in [-0.05, 0) is 73.6 Å². The number of nitrogens with zero attached hydrogens (tertiary/aromatic N) is 1. The third kappa shape index (κ3) is 4.79. The molecular formula is C31H33NO3. The number of carbonyl (C=O) groups is 2. The predicted octanol–water partition coefficient (Wildman–Crippen LogP) is 6.83. The van der Waals surface area contributed by atoms with E-state index in [0.29, 0.717) is 11.3 Å². The first-order valence-corrected chi connectivity index (χ1v) is 12.4. The lowest BCUT2D eigenvalue weighted by Crippen LogP contribution is -2.29. The number of unbranched alkanes of at least 4 members (excludes halogenated alkanes) is 1. The van der Waals surface area contributed by atoms with Crippen LogP contribution in [0.15, 0.2) is 72.3 Å². The first-order valence-electron chi connectivity index (χ1n) is 12.4. The Labute approximate surface area is 207 Å². The van der Waals surface area contributed by atoms with Gasteiger partial charge in [0.1, 0.15) is 5.76 Å². The Hall–Kier alpha value is -3.66. The number of ketones is 1. The molecule has 0 radical (unpaired) electrons. The molecule has 35 heavy (non-hydrogen) atoms. The molecule has 1 unspecified atom stereocenters. The number of Topliss-reactive ketones (excluding diaryl/α,β-unsaturated/α-hetero) is 1. The topological polar surface area (TPSA) is 57.6 Å². The molecule has 1 atom stereocenters. The molecule has 1 N–H and O–H groups in total. The second-order valence-corrected chi connectivity index (χ2v) is 9.35. The average Bonchev–Trinajstić information content (AvgIpc) is 3.14. The van der Waals surface area contributed by atoms with Crippen LogP contribution >= 0.6 is 0 Å². The lowest BCUT2D eigenvalue weighted by molar-refractivity contribution is -0.132. The molecule has 1 aliphatic heterocycles. The van der Waals surface area contributed by atoms with Crippen molar-refractivity contribution in [1.29, 1.82) is 0 Å². The Morgan fingerprint density at radius 3 is 2.17 bits per heavy atom. The zero-order valence-electron chi connectivity index (χ0n) is 21.0. The highest BCUT2D eigenvalue weighted by Gasteiger charge is 2.47. The molecule has 0 aromatic heterocycles. The first kappa shape index (κ1) is 24.5. The number of anilines is 1. The van der Waals surface area contributed by atoms with Crippen LogP contribution in [0.3, 0.4) is 0 Å². The van der Waals surface area contributed by atoms with Crippen LogP contribution in [0.2, 0.25) is 0 Å². The minimum absolute atomic E-state index is 0.128. The van der Waals surface area contributed by atoms with Gasteiger partial charge in [-0.15, -0.1) is 0 Å². The van der Waals surface area contributed by atoms with Crippen molar-refractivity contribution < 1.29 is 14.7 Å². The van der Waals surface area contributed by atoms with Gasteiger partial charge in [0, 0.05) is 11.3 Å². The van der Waals surface area contributed by atoms with E-state index in [2.05, 4.69) is 13.8 Å². The van der Waals surface area contributed by atoms with Crippen molar-refractivity contribution in [3.63, 3.8) is 0 Å². The number of aliphatic hydroxyl groups is 1. The monoisotopic (exact) mass is 467 g/mol. The van der Waals surface area contributed by atoms with Crippen LogP contribution in [0.25, 0.3) is 5.76 Å². The third-order valence-electron chi connectivity index (χ3n) is 6.83. The maximum Gasteiger partial charge on any atom is 0.300 e. The maximum atomic E-state index is 13.4. The van der Waals surface area contributed by atoms with E-state index in [-0.39, 0.29) is 11.3 Å². The number of carbonyl (C=O) groups excluding carboxylic acids is 2. The summed E-state index contributed by atoms with van der Waals surface area (Å²) in [6.45, 7) is 8.08. The summed E-state index contributed by atoms with van der Waals surface area (Å²) in [4.78, 5) is 28.3. The van der Waals surface area contributed by atoms with Gasteiger partial charge in [0.05, 0.1) is 11.6 Å². The van der Waals surface area contributed by atoms with Gasteiger partial charge in [-0.3, -0.25) is 14.5 Å². The average molecular weight is 468 g/mol. The van der Waals surface area contributed by atoms with Crippen LogP contribution in [0, 0.1) is 13.8 Å². The molecule has 0 spiro atoms. The molecule has 0 saturated carbocycles. The van der Waals surface area contributed by atoms with Crippen LogP contribution in [0.4, 0.5) is 5.69 Å². The van der Waals surface area contributed by atoms with Gasteiger partial charge in [0.15, 0.2) is 0 Å². The molecular weight excluding hydrogens is 434 g/mol. The molecule has 4 nitrogen and oxygen atoms in total. The van der Waals surface area contributed by atoms with Gasteiger partial charge in [0.25, 0.3) is 11.7 Å². The summed E-state index contributed by atoms with van der Waals surface area (Å²) in [5, 5.41) is 11.4. The molecule has 4 rings (SSSR count). The number of rotatable bonds is 7. The Morgan fingerprint density at radius 2 is 1.54 bits per heavy atom.